The number of carbonyl (C=O) groups excluding carboxylic acids is 2. The molecule has 6 heteroatoms. The number of nitrogens with one attached hydrogen (secondary N) is 1. The zero-order chi connectivity index (χ0) is 16.8. The molecule has 3 rings (SSSR count). The maximum absolute atomic E-state index is 11.7. The van der Waals surface area contributed by atoms with Crippen molar-refractivity contribution in [3.05, 3.63) is 53.5 Å². The van der Waals surface area contributed by atoms with Gasteiger partial charge in [-0.1, -0.05) is 6.07 Å². The molecule has 24 heavy (non-hydrogen) atoms. The largest absolute Gasteiger partial charge is 0.467 e. The van der Waals surface area contributed by atoms with Crippen molar-refractivity contribution in [1.29, 1.82) is 0 Å². The Morgan fingerprint density at radius 1 is 1.21 bits per heavy atom. The topological polar surface area (TPSA) is 68.5 Å². The van der Waals surface area contributed by atoms with Gasteiger partial charge in [-0.05, 0) is 54.7 Å². The smallest absolute Gasteiger partial charge is 0.316 e. The van der Waals surface area contributed by atoms with Crippen LogP contribution in [0.5, 0.6) is 0 Å². The van der Waals surface area contributed by atoms with Gasteiger partial charge in [0, 0.05) is 4.90 Å². The maximum atomic E-state index is 11.7. The number of benzene rings is 1. The van der Waals surface area contributed by atoms with E-state index in [-0.39, 0.29) is 24.8 Å². The second-order valence-corrected chi connectivity index (χ2v) is 6.64. The molecule has 5 nitrogen and oxygen atoms in total. The molecule has 0 aliphatic heterocycles. The Morgan fingerprint density at radius 3 is 2.92 bits per heavy atom. The predicted octanol–water partition coefficient (Wildman–Crippen LogP) is 2.72. The summed E-state index contributed by atoms with van der Waals surface area (Å²) in [5.41, 5.74) is 2.79. The van der Waals surface area contributed by atoms with Crippen LogP contribution in [0.3, 0.4) is 0 Å². The molecule has 0 spiro atoms. The molecule has 126 valence electrons. The van der Waals surface area contributed by atoms with Crippen LogP contribution in [0.2, 0.25) is 0 Å². The average Bonchev–Trinajstić information content (AvgIpc) is 3.26. The summed E-state index contributed by atoms with van der Waals surface area (Å²) in [6, 6.07) is 9.84. The molecule has 0 bridgehead atoms. The van der Waals surface area contributed by atoms with E-state index in [1.807, 2.05) is 6.07 Å². The quantitative estimate of drug-likeness (QED) is 0.617. The number of furan rings is 1. The molecule has 1 N–H and O–H groups in total. The monoisotopic (exact) mass is 345 g/mol. The number of ether oxygens (including phenoxy) is 1. The number of thioether (sulfide) groups is 1. The Kier molecular flexibility index (Phi) is 5.59. The molecule has 1 aliphatic rings. The van der Waals surface area contributed by atoms with E-state index in [1.165, 1.54) is 35.6 Å². The molecule has 0 fully saturated rings. The molecule has 1 aromatic heterocycles. The van der Waals surface area contributed by atoms with Gasteiger partial charge in [0.25, 0.3) is 5.91 Å². The highest BCUT2D eigenvalue weighted by molar-refractivity contribution is 8.00. The Hall–Kier alpha value is -2.21. The molecule has 1 amide bonds. The Morgan fingerprint density at radius 2 is 2.08 bits per heavy atom. The van der Waals surface area contributed by atoms with Crippen LogP contribution in [0.4, 0.5) is 0 Å². The molecule has 0 atom stereocenters. The lowest BCUT2D eigenvalue weighted by Crippen LogP contribution is -2.28. The molecule has 1 aliphatic carbocycles. The van der Waals surface area contributed by atoms with E-state index in [2.05, 4.69) is 17.4 Å². The summed E-state index contributed by atoms with van der Waals surface area (Å²) in [4.78, 5) is 24.4. The lowest BCUT2D eigenvalue weighted by molar-refractivity contribution is -0.146. The zero-order valence-corrected chi connectivity index (χ0v) is 14.1. The van der Waals surface area contributed by atoms with Crippen molar-refractivity contribution < 1.29 is 18.7 Å². The molecule has 0 unspecified atom stereocenters. The third kappa shape index (κ3) is 4.64. The summed E-state index contributed by atoms with van der Waals surface area (Å²) >= 11 is 1.44. The highest BCUT2D eigenvalue weighted by atomic mass is 32.2. The van der Waals surface area contributed by atoms with E-state index < -0.39 is 5.97 Å². The van der Waals surface area contributed by atoms with Crippen LogP contribution in [0.25, 0.3) is 0 Å². The molecule has 0 saturated heterocycles. The van der Waals surface area contributed by atoms with Crippen LogP contribution in [-0.4, -0.2) is 24.2 Å². The third-order valence-electron chi connectivity index (χ3n) is 3.83. The van der Waals surface area contributed by atoms with E-state index in [1.54, 1.807) is 12.1 Å². The fourth-order valence-corrected chi connectivity index (χ4v) is 3.38. The SMILES string of the molecule is O=C(COC(=O)CSc1ccc2c(c1)CCC2)NCc1ccco1. The summed E-state index contributed by atoms with van der Waals surface area (Å²) in [6.45, 7) is 0.0115. The van der Waals surface area contributed by atoms with E-state index in [9.17, 15) is 9.59 Å². The zero-order valence-electron chi connectivity index (χ0n) is 13.2. The van der Waals surface area contributed by atoms with E-state index in [0.29, 0.717) is 5.76 Å². The molecular formula is C18H19NO4S. The number of carbonyl (C=O) groups is 2. The predicted molar refractivity (Wildman–Crippen MR) is 90.7 cm³/mol. The first kappa shape index (κ1) is 16.6. The lowest BCUT2D eigenvalue weighted by Gasteiger charge is -2.06. The van der Waals surface area contributed by atoms with E-state index in [0.717, 1.165) is 17.7 Å². The normalized spacial score (nSPS) is 12.7. The van der Waals surface area contributed by atoms with Gasteiger partial charge in [-0.2, -0.15) is 0 Å². The van der Waals surface area contributed by atoms with Crippen molar-refractivity contribution >= 4 is 23.6 Å². The minimum Gasteiger partial charge on any atom is -0.467 e. The van der Waals surface area contributed by atoms with Gasteiger partial charge in [-0.15, -0.1) is 11.8 Å². The second kappa shape index (κ2) is 8.06. The number of hydrogen-bond donors (Lipinski definition) is 1. The van der Waals surface area contributed by atoms with Crippen LogP contribution in [-0.2, 0) is 33.7 Å². The summed E-state index contributed by atoms with van der Waals surface area (Å²) in [6.07, 6.45) is 5.01. The first-order chi connectivity index (χ1) is 11.7. The number of fused-ring (bicyclic) bond motifs is 1. The lowest BCUT2D eigenvalue weighted by atomic mass is 10.1. The van der Waals surface area contributed by atoms with Crippen molar-refractivity contribution in [2.75, 3.05) is 12.4 Å². The first-order valence-electron chi connectivity index (χ1n) is 7.90. The Balaban J connectivity index is 1.35. The molecule has 1 aromatic carbocycles. The highest BCUT2D eigenvalue weighted by Gasteiger charge is 2.12. The Bertz CT molecular complexity index is 712. The first-order valence-corrected chi connectivity index (χ1v) is 8.88. The number of rotatable bonds is 7. The van der Waals surface area contributed by atoms with Gasteiger partial charge in [-0.3, -0.25) is 9.59 Å². The summed E-state index contributed by atoms with van der Waals surface area (Å²) < 4.78 is 10.1. The van der Waals surface area contributed by atoms with Gasteiger partial charge < -0.3 is 14.5 Å². The highest BCUT2D eigenvalue weighted by Crippen LogP contribution is 2.27. The summed E-state index contributed by atoms with van der Waals surface area (Å²) in [5.74, 6) is 0.113. The van der Waals surface area contributed by atoms with Crippen molar-refractivity contribution in [2.45, 2.75) is 30.7 Å². The summed E-state index contributed by atoms with van der Waals surface area (Å²) in [5, 5.41) is 2.63. The van der Waals surface area contributed by atoms with Gasteiger partial charge in [0.2, 0.25) is 0 Å². The molecular weight excluding hydrogens is 326 g/mol. The van der Waals surface area contributed by atoms with Crippen molar-refractivity contribution in [3.63, 3.8) is 0 Å². The van der Waals surface area contributed by atoms with Crippen molar-refractivity contribution in [2.24, 2.45) is 0 Å². The van der Waals surface area contributed by atoms with Gasteiger partial charge >= 0.3 is 5.97 Å². The van der Waals surface area contributed by atoms with Gasteiger partial charge in [0.15, 0.2) is 6.61 Å². The van der Waals surface area contributed by atoms with Gasteiger partial charge in [-0.25, -0.2) is 0 Å². The number of esters is 1. The van der Waals surface area contributed by atoms with Crippen molar-refractivity contribution in [1.82, 2.24) is 5.32 Å². The minimum absolute atomic E-state index is 0.199. The number of amides is 1. The summed E-state index contributed by atoms with van der Waals surface area (Å²) in [7, 11) is 0. The standard InChI is InChI=1S/C18H19NO4S/c20-17(19-10-15-5-2-8-22-15)11-23-18(21)12-24-16-7-6-13-3-1-4-14(13)9-16/h2,5-9H,1,3-4,10-12H2,(H,19,20). The number of aryl methyl sites for hydroxylation is 2. The molecule has 0 radical (unpaired) electrons. The fraction of sp³-hybridized carbons (Fsp3) is 0.333. The van der Waals surface area contributed by atoms with Gasteiger partial charge in [0.05, 0.1) is 18.6 Å². The fourth-order valence-electron chi connectivity index (χ4n) is 2.62. The van der Waals surface area contributed by atoms with E-state index >= 15 is 0 Å². The van der Waals surface area contributed by atoms with Crippen LogP contribution >= 0.6 is 11.8 Å². The second-order valence-electron chi connectivity index (χ2n) is 5.59. The van der Waals surface area contributed by atoms with Crippen LogP contribution in [0.1, 0.15) is 23.3 Å². The Labute approximate surface area is 144 Å². The minimum atomic E-state index is -0.395. The third-order valence-corrected chi connectivity index (χ3v) is 4.80. The average molecular weight is 345 g/mol. The van der Waals surface area contributed by atoms with Crippen LogP contribution < -0.4 is 5.32 Å². The maximum Gasteiger partial charge on any atom is 0.316 e. The van der Waals surface area contributed by atoms with E-state index in [4.69, 9.17) is 9.15 Å². The number of hydrogen-bond acceptors (Lipinski definition) is 5. The van der Waals surface area contributed by atoms with Crippen LogP contribution in [0.15, 0.2) is 45.9 Å². The van der Waals surface area contributed by atoms with Gasteiger partial charge in [0.1, 0.15) is 5.76 Å². The molecule has 2 aromatic rings. The van der Waals surface area contributed by atoms with Crippen LogP contribution in [0, 0.1) is 0 Å². The van der Waals surface area contributed by atoms with Crippen molar-refractivity contribution in [3.8, 4) is 0 Å². The molecule has 1 heterocycles. The molecule has 0 saturated carbocycles.